The van der Waals surface area contributed by atoms with Gasteiger partial charge in [-0.15, -0.1) is 0 Å². The van der Waals surface area contributed by atoms with Gasteiger partial charge < -0.3 is 4.18 Å². The number of hydrogen-bond donors (Lipinski definition) is 0. The van der Waals surface area contributed by atoms with Gasteiger partial charge in [-0.2, -0.15) is 0 Å². The van der Waals surface area contributed by atoms with Gasteiger partial charge in [0.25, 0.3) is 0 Å². The quantitative estimate of drug-likeness (QED) is 0.268. The Morgan fingerprint density at radius 1 is 0.808 bits per heavy atom. The molecular weight excluding hydrogens is 685 g/mol. The van der Waals surface area contributed by atoms with Gasteiger partial charge in [0.1, 0.15) is 0 Å². The lowest BCUT2D eigenvalue weighted by Gasteiger charge is -2.40. The van der Waals surface area contributed by atoms with E-state index in [-0.39, 0.29) is 5.97 Å². The molecule has 134 valence electrons. The second-order valence-electron chi connectivity index (χ2n) is 5.46. The van der Waals surface area contributed by atoms with Crippen LogP contribution in [0.4, 0.5) is 0 Å². The second-order valence-corrected chi connectivity index (χ2v) is 11.7. The molecule has 0 aliphatic heterocycles. The smallest absolute Gasteiger partial charge is 0.313 e. The molecule has 2 nitrogen and oxygen atoms in total. The highest BCUT2D eigenvalue weighted by Crippen LogP contribution is 2.70. The van der Waals surface area contributed by atoms with E-state index in [1.54, 1.807) is 0 Å². The lowest BCUT2D eigenvalue weighted by atomic mass is 10.4. The molecule has 0 saturated heterocycles. The van der Waals surface area contributed by atoms with Crippen LogP contribution in [0.5, 0.6) is 0 Å². The van der Waals surface area contributed by atoms with Crippen LogP contribution in [0.1, 0.15) is 6.92 Å². The van der Waals surface area contributed by atoms with Crippen LogP contribution >= 0.6 is 78.1 Å². The first-order valence-electron chi connectivity index (χ1n) is 7.73. The summed E-state index contributed by atoms with van der Waals surface area (Å²) >= 11 is 7.04. The fourth-order valence-corrected chi connectivity index (χ4v) is 11.3. The zero-order valence-electron chi connectivity index (χ0n) is 13.8. The Morgan fingerprint density at radius 3 is 1.62 bits per heavy atom. The van der Waals surface area contributed by atoms with E-state index in [0.29, 0.717) is 0 Å². The molecule has 0 radical (unpaired) electrons. The molecular formula is C20H15I3O2S. The predicted octanol–water partition coefficient (Wildman–Crippen LogP) is 7.26. The van der Waals surface area contributed by atoms with Crippen molar-refractivity contribution in [2.24, 2.45) is 0 Å². The Balaban J connectivity index is 2.44. The fourth-order valence-electron chi connectivity index (χ4n) is 2.71. The van der Waals surface area contributed by atoms with E-state index in [4.69, 9.17) is 4.18 Å². The number of hydrogen-bond acceptors (Lipinski definition) is 2. The predicted molar refractivity (Wildman–Crippen MR) is 132 cm³/mol. The standard InChI is InChI=1S/C20H15I3O2S/c1-14(24)25-26(16-8-4-2-5-9-16,17-10-6-3-7-11-17)20-18(22)12-15(21)13-19(20)23/h2-13H,1H3. The van der Waals surface area contributed by atoms with E-state index >= 15 is 0 Å². The fraction of sp³-hybridized carbons (Fsp3) is 0.0500. The number of carbonyl (C=O) groups excluding carboxylic acids is 1. The van der Waals surface area contributed by atoms with Crippen molar-refractivity contribution in [2.75, 3.05) is 0 Å². The van der Waals surface area contributed by atoms with Gasteiger partial charge in [-0.1, -0.05) is 36.4 Å². The van der Waals surface area contributed by atoms with Crippen molar-refractivity contribution in [3.63, 3.8) is 0 Å². The Bertz CT molecular complexity index is 868. The summed E-state index contributed by atoms with van der Waals surface area (Å²) in [6.07, 6.45) is 0. The van der Waals surface area contributed by atoms with E-state index in [0.717, 1.165) is 25.4 Å². The van der Waals surface area contributed by atoms with Gasteiger partial charge in [0.15, 0.2) is 0 Å². The van der Waals surface area contributed by atoms with Crippen LogP contribution in [0, 0.1) is 10.7 Å². The van der Waals surface area contributed by atoms with Gasteiger partial charge in [-0.25, -0.2) is 0 Å². The summed E-state index contributed by atoms with van der Waals surface area (Å²) in [6.45, 7) is 1.49. The number of halogens is 3. The Hall–Kier alpha value is -0.330. The van der Waals surface area contributed by atoms with Gasteiger partial charge in [0, 0.05) is 27.4 Å². The van der Waals surface area contributed by atoms with Gasteiger partial charge in [-0.3, -0.25) is 4.79 Å². The van der Waals surface area contributed by atoms with E-state index in [1.165, 1.54) is 6.92 Å². The molecule has 0 atom stereocenters. The molecule has 0 aliphatic carbocycles. The highest BCUT2D eigenvalue weighted by atomic mass is 127. The molecule has 0 heterocycles. The van der Waals surface area contributed by atoms with E-state index in [9.17, 15) is 4.79 Å². The SMILES string of the molecule is CC(=O)OS(c1ccccc1)(c1ccccc1)c1c(I)cc(I)cc1I. The summed E-state index contributed by atoms with van der Waals surface area (Å²) in [6, 6.07) is 24.4. The third kappa shape index (κ3) is 4.07. The maximum absolute atomic E-state index is 12.3. The summed E-state index contributed by atoms with van der Waals surface area (Å²) in [5.41, 5.74) is 0. The lowest BCUT2D eigenvalue weighted by Crippen LogP contribution is -2.14. The maximum Gasteiger partial charge on any atom is 0.313 e. The van der Waals surface area contributed by atoms with Crippen molar-refractivity contribution in [3.05, 3.63) is 83.5 Å². The minimum Gasteiger partial charge on any atom is -0.402 e. The molecule has 26 heavy (non-hydrogen) atoms. The maximum atomic E-state index is 12.3. The minimum absolute atomic E-state index is 0.280. The van der Waals surface area contributed by atoms with Crippen molar-refractivity contribution < 1.29 is 8.98 Å². The largest absolute Gasteiger partial charge is 0.402 e. The highest BCUT2D eigenvalue weighted by Gasteiger charge is 2.38. The Labute approximate surface area is 196 Å². The zero-order chi connectivity index (χ0) is 18.7. The van der Waals surface area contributed by atoms with E-state index in [2.05, 4.69) is 104 Å². The molecule has 0 amide bonds. The van der Waals surface area contributed by atoms with Crippen molar-refractivity contribution in [1.29, 1.82) is 0 Å². The first kappa shape index (κ1) is 20.4. The number of rotatable bonds is 4. The van der Waals surface area contributed by atoms with E-state index < -0.39 is 10.3 Å². The third-order valence-electron chi connectivity index (χ3n) is 3.64. The molecule has 6 heteroatoms. The molecule has 0 aromatic heterocycles. The summed E-state index contributed by atoms with van der Waals surface area (Å²) in [5, 5.41) is 0. The minimum atomic E-state index is -2.18. The first-order valence-corrected chi connectivity index (χ1v) is 12.5. The molecule has 3 rings (SSSR count). The van der Waals surface area contributed by atoms with Crippen LogP contribution < -0.4 is 0 Å². The number of carbonyl (C=O) groups is 1. The molecule has 0 fully saturated rings. The van der Waals surface area contributed by atoms with E-state index in [1.807, 2.05) is 36.4 Å². The zero-order valence-corrected chi connectivity index (χ0v) is 21.1. The van der Waals surface area contributed by atoms with Gasteiger partial charge >= 0.3 is 5.97 Å². The Kier molecular flexibility index (Phi) is 6.89. The van der Waals surface area contributed by atoms with Crippen molar-refractivity contribution in [1.82, 2.24) is 0 Å². The van der Waals surface area contributed by atoms with Crippen LogP contribution in [0.25, 0.3) is 0 Å². The molecule has 0 spiro atoms. The highest BCUT2D eigenvalue weighted by molar-refractivity contribution is 14.1. The van der Waals surface area contributed by atoms with Gasteiger partial charge in [-0.05, 0) is 114 Å². The summed E-state index contributed by atoms with van der Waals surface area (Å²) < 4.78 is 9.59. The Morgan fingerprint density at radius 2 is 1.23 bits per heavy atom. The average molecular weight is 700 g/mol. The van der Waals surface area contributed by atoms with Crippen LogP contribution in [0.15, 0.2) is 87.5 Å². The molecule has 0 unspecified atom stereocenters. The normalized spacial score (nSPS) is 11.8. The van der Waals surface area contributed by atoms with Crippen LogP contribution in [0.3, 0.4) is 0 Å². The van der Waals surface area contributed by atoms with Crippen molar-refractivity contribution in [3.8, 4) is 0 Å². The van der Waals surface area contributed by atoms with Gasteiger partial charge in [0.2, 0.25) is 0 Å². The summed E-state index contributed by atoms with van der Waals surface area (Å²) in [4.78, 5) is 15.4. The summed E-state index contributed by atoms with van der Waals surface area (Å²) in [7, 11) is -2.18. The third-order valence-corrected chi connectivity index (χ3v) is 10.1. The number of benzene rings is 3. The topological polar surface area (TPSA) is 26.3 Å². The van der Waals surface area contributed by atoms with Crippen molar-refractivity contribution >= 4 is 84.1 Å². The van der Waals surface area contributed by atoms with Crippen LogP contribution in [0.2, 0.25) is 0 Å². The van der Waals surface area contributed by atoms with Crippen LogP contribution in [-0.2, 0) is 8.98 Å². The first-order chi connectivity index (χ1) is 12.4. The molecule has 3 aromatic rings. The molecule has 0 saturated carbocycles. The summed E-state index contributed by atoms with van der Waals surface area (Å²) in [5.74, 6) is -0.280. The molecule has 3 aromatic carbocycles. The second kappa shape index (κ2) is 8.78. The van der Waals surface area contributed by atoms with Gasteiger partial charge in [0.05, 0.1) is 4.90 Å². The van der Waals surface area contributed by atoms with Crippen LogP contribution in [-0.4, -0.2) is 5.97 Å². The molecule has 0 N–H and O–H groups in total. The molecule has 0 bridgehead atoms. The monoisotopic (exact) mass is 700 g/mol. The molecule has 0 aliphatic rings. The average Bonchev–Trinajstić information content (AvgIpc) is 2.61. The lowest BCUT2D eigenvalue weighted by molar-refractivity contribution is -0.131. The van der Waals surface area contributed by atoms with Crippen molar-refractivity contribution in [2.45, 2.75) is 21.6 Å².